The first kappa shape index (κ1) is 44.5. The number of hydrogen-bond donors (Lipinski definition) is 2. The van der Waals surface area contributed by atoms with Gasteiger partial charge < -0.3 is 28.9 Å². The first-order chi connectivity index (χ1) is 30.7. The number of aromatic nitrogens is 6. The van der Waals surface area contributed by atoms with Crippen LogP contribution in [0.4, 0.5) is 0 Å². The Kier molecular flexibility index (Phi) is 12.6. The van der Waals surface area contributed by atoms with Crippen LogP contribution >= 0.6 is 11.6 Å². The summed E-state index contributed by atoms with van der Waals surface area (Å²) in [5.41, 5.74) is 4.08. The number of nitrogens with one attached hydrogen (secondary N) is 2. The minimum absolute atomic E-state index is 0.201. The van der Waals surface area contributed by atoms with Gasteiger partial charge in [-0.2, -0.15) is 0 Å². The number of imidazole rings is 2. The summed E-state index contributed by atoms with van der Waals surface area (Å²) in [5, 5.41) is 0.301. The van der Waals surface area contributed by atoms with Crippen LogP contribution in [0.3, 0.4) is 0 Å². The van der Waals surface area contributed by atoms with Gasteiger partial charge in [0.05, 0.1) is 88.1 Å². The van der Waals surface area contributed by atoms with Crippen LogP contribution in [0.25, 0.3) is 33.3 Å². The molecule has 0 spiro atoms. The number of para-hydroxylation sites is 1. The Morgan fingerprint density at radius 3 is 2.06 bits per heavy atom. The van der Waals surface area contributed by atoms with Crippen molar-refractivity contribution in [2.45, 2.75) is 44.7 Å². The molecule has 2 N–H and O–H groups in total. The van der Waals surface area contributed by atoms with E-state index in [9.17, 15) is 26.4 Å². The predicted molar refractivity (Wildman–Crippen MR) is 245 cm³/mol. The van der Waals surface area contributed by atoms with E-state index >= 15 is 0 Å². The number of fused-ring (bicyclic) bond motifs is 2. The monoisotopic (exact) mass is 930 g/mol. The fourth-order valence-electron chi connectivity index (χ4n) is 8.05. The first-order valence-corrected chi connectivity index (χ1v) is 25.0. The van der Waals surface area contributed by atoms with Crippen LogP contribution in [0.2, 0.25) is 5.02 Å². The number of ether oxygens (including phenoxy) is 4. The normalized spacial score (nSPS) is 14.1. The van der Waals surface area contributed by atoms with Crippen molar-refractivity contribution in [3.05, 3.63) is 128 Å². The molecule has 64 heavy (non-hydrogen) atoms. The number of benzene rings is 4. The van der Waals surface area contributed by atoms with Gasteiger partial charge in [-0.15, -0.1) is 0 Å². The number of aromatic amines is 2. The SMILES string of the molecule is CCOc1cc([C@@H](CS(=O)(=O)CCOc2ccc([C@@H](CS(C)(=O)=O)n3c(=O)[nH]c4cc(-c5nccnc5C5CC5)ccc43)cc2OCC)n2c(=O)[nH]c3c(Cl)cccc32)ccc1OC. The summed E-state index contributed by atoms with van der Waals surface area (Å²) >= 11 is 6.43. The van der Waals surface area contributed by atoms with Crippen LogP contribution in [0, 0.1) is 0 Å². The molecule has 8 rings (SSSR count). The van der Waals surface area contributed by atoms with Gasteiger partial charge in [-0.05, 0) is 86.3 Å². The van der Waals surface area contributed by atoms with Crippen molar-refractivity contribution >= 4 is 53.3 Å². The molecule has 0 unspecified atom stereocenters. The minimum atomic E-state index is -3.97. The standard InChI is InChI=1S/C45H47ClN6O10S2/c1-5-60-39-23-29(13-16-37(39)59-3)36(52-34-9-7-8-31(46)43(34)50-45(52)54)26-64(57,58)21-20-62-38-17-14-28(24-40(38)61-6-2)35(25-63(4,55)56)51-33-15-12-30(22-32(33)49-44(51)53)42-41(27-10-11-27)47-18-19-48-42/h7-9,12-19,22-24,27,35-36H,5-6,10-11,20-21,25-26H2,1-4H3,(H,49,53)(H,50,54)/t35-,36-/m1/s1. The fourth-order valence-corrected chi connectivity index (χ4v) is 10.5. The molecule has 3 aromatic heterocycles. The van der Waals surface area contributed by atoms with Gasteiger partial charge in [0.1, 0.15) is 16.4 Å². The molecule has 3 heterocycles. The summed E-state index contributed by atoms with van der Waals surface area (Å²) in [6.45, 7) is 3.80. The molecule has 1 aliphatic rings. The smallest absolute Gasteiger partial charge is 0.327 e. The van der Waals surface area contributed by atoms with Gasteiger partial charge in [0, 0.05) is 30.1 Å². The Bertz CT molecular complexity index is 3210. The molecular weight excluding hydrogens is 884 g/mol. The van der Waals surface area contributed by atoms with Gasteiger partial charge >= 0.3 is 11.4 Å². The molecule has 0 bridgehead atoms. The van der Waals surface area contributed by atoms with Crippen molar-refractivity contribution < 1.29 is 35.8 Å². The first-order valence-electron chi connectivity index (χ1n) is 20.7. The molecule has 4 aromatic carbocycles. The van der Waals surface area contributed by atoms with Gasteiger partial charge in [-0.25, -0.2) is 26.4 Å². The highest BCUT2D eigenvalue weighted by Gasteiger charge is 2.31. The van der Waals surface area contributed by atoms with Gasteiger partial charge in [-0.1, -0.05) is 35.9 Å². The molecular formula is C45H47ClN6O10S2. The zero-order valence-corrected chi connectivity index (χ0v) is 37.9. The van der Waals surface area contributed by atoms with Crippen molar-refractivity contribution in [1.82, 2.24) is 29.1 Å². The molecule has 0 saturated heterocycles. The topological polar surface area (TPSA) is 207 Å². The van der Waals surface area contributed by atoms with E-state index < -0.39 is 60.4 Å². The highest BCUT2D eigenvalue weighted by molar-refractivity contribution is 7.91. The lowest BCUT2D eigenvalue weighted by atomic mass is 10.1. The molecule has 0 radical (unpaired) electrons. The number of rotatable bonds is 19. The maximum Gasteiger partial charge on any atom is 0.327 e. The quantitative estimate of drug-likeness (QED) is 0.0894. The largest absolute Gasteiger partial charge is 0.493 e. The maximum atomic E-state index is 14.0. The van der Waals surface area contributed by atoms with E-state index in [1.807, 2.05) is 19.1 Å². The highest BCUT2D eigenvalue weighted by atomic mass is 35.5. The van der Waals surface area contributed by atoms with E-state index in [-0.39, 0.29) is 24.7 Å². The van der Waals surface area contributed by atoms with Crippen LogP contribution in [0.1, 0.15) is 61.5 Å². The third-order valence-corrected chi connectivity index (χ3v) is 13.9. The highest BCUT2D eigenvalue weighted by Crippen LogP contribution is 2.43. The van der Waals surface area contributed by atoms with Crippen molar-refractivity contribution in [3.8, 4) is 34.3 Å². The van der Waals surface area contributed by atoms with Gasteiger partial charge in [0.25, 0.3) is 0 Å². The second-order valence-electron chi connectivity index (χ2n) is 15.6. The number of hydrogen-bond acceptors (Lipinski definition) is 12. The van der Waals surface area contributed by atoms with E-state index in [2.05, 4.69) is 19.9 Å². The van der Waals surface area contributed by atoms with Crippen LogP contribution in [0.5, 0.6) is 23.0 Å². The number of nitrogens with zero attached hydrogens (tertiary/aromatic N) is 4. The fraction of sp³-hybridized carbons (Fsp3) is 0.333. The Hall–Kier alpha value is -6.11. The average molecular weight is 931 g/mol. The number of methoxy groups -OCH3 is 1. The average Bonchev–Trinajstić information content (AvgIpc) is 3.98. The summed E-state index contributed by atoms with van der Waals surface area (Å²) in [6, 6.07) is 18.3. The minimum Gasteiger partial charge on any atom is -0.493 e. The molecule has 1 saturated carbocycles. The lowest BCUT2D eigenvalue weighted by Crippen LogP contribution is -2.30. The molecule has 2 atom stereocenters. The number of halogens is 1. The van der Waals surface area contributed by atoms with Crippen molar-refractivity contribution in [2.75, 3.05) is 50.4 Å². The molecule has 7 aromatic rings. The summed E-state index contributed by atoms with van der Waals surface area (Å²) in [7, 11) is -6.13. The molecule has 0 amide bonds. The molecule has 1 aliphatic carbocycles. The van der Waals surface area contributed by atoms with Gasteiger partial charge in [-0.3, -0.25) is 19.1 Å². The van der Waals surface area contributed by atoms with E-state index in [1.165, 1.54) is 16.2 Å². The molecule has 336 valence electrons. The van der Waals surface area contributed by atoms with Gasteiger partial charge in [0.2, 0.25) is 0 Å². The third-order valence-electron chi connectivity index (χ3n) is 11.1. The van der Waals surface area contributed by atoms with Crippen LogP contribution in [-0.4, -0.2) is 96.4 Å². The van der Waals surface area contributed by atoms with Crippen LogP contribution < -0.4 is 30.3 Å². The number of sulfone groups is 2. The summed E-state index contributed by atoms with van der Waals surface area (Å²) in [4.78, 5) is 42.1. The summed E-state index contributed by atoms with van der Waals surface area (Å²) in [6.07, 6.45) is 6.49. The van der Waals surface area contributed by atoms with E-state index in [0.29, 0.717) is 62.2 Å². The van der Waals surface area contributed by atoms with Crippen molar-refractivity contribution in [1.29, 1.82) is 0 Å². The zero-order chi connectivity index (χ0) is 45.3. The van der Waals surface area contributed by atoms with Crippen LogP contribution in [0.15, 0.2) is 94.8 Å². The molecule has 16 nitrogen and oxygen atoms in total. The second-order valence-corrected chi connectivity index (χ2v) is 20.4. The van der Waals surface area contributed by atoms with Gasteiger partial charge in [0.15, 0.2) is 32.8 Å². The van der Waals surface area contributed by atoms with E-state index in [4.69, 9.17) is 30.5 Å². The third kappa shape index (κ3) is 9.39. The van der Waals surface area contributed by atoms with E-state index in [0.717, 1.165) is 36.0 Å². The Labute approximate surface area is 374 Å². The Morgan fingerprint density at radius 1 is 0.750 bits per heavy atom. The lowest BCUT2D eigenvalue weighted by molar-refractivity contribution is 0.287. The second kappa shape index (κ2) is 18.2. The van der Waals surface area contributed by atoms with Crippen molar-refractivity contribution in [2.24, 2.45) is 0 Å². The maximum absolute atomic E-state index is 14.0. The summed E-state index contributed by atoms with van der Waals surface area (Å²) < 4.78 is 80.0. The molecule has 19 heteroatoms. The predicted octanol–water partition coefficient (Wildman–Crippen LogP) is 6.48. The number of H-pyrrole nitrogens is 2. The van der Waals surface area contributed by atoms with Crippen molar-refractivity contribution in [3.63, 3.8) is 0 Å². The Balaban J connectivity index is 1.07. The summed E-state index contributed by atoms with van der Waals surface area (Å²) in [5.74, 6) is 0.266. The molecule has 1 fully saturated rings. The molecule has 0 aliphatic heterocycles. The van der Waals surface area contributed by atoms with E-state index in [1.54, 1.807) is 80.0 Å². The zero-order valence-electron chi connectivity index (χ0n) is 35.5. The lowest BCUT2D eigenvalue weighted by Gasteiger charge is -2.22. The Morgan fingerprint density at radius 2 is 1.39 bits per heavy atom. The van der Waals surface area contributed by atoms with Crippen LogP contribution in [-0.2, 0) is 19.7 Å².